The molecule has 1 atom stereocenters. The van der Waals surface area contributed by atoms with E-state index in [9.17, 15) is 4.79 Å². The molecule has 0 bridgehead atoms. The average Bonchev–Trinajstić information content (AvgIpc) is 2.65. The summed E-state index contributed by atoms with van der Waals surface area (Å²) in [4.78, 5) is 22.9. The van der Waals surface area contributed by atoms with Crippen molar-refractivity contribution < 1.29 is 9.53 Å². The van der Waals surface area contributed by atoms with Gasteiger partial charge in [0.2, 0.25) is 5.88 Å². The highest BCUT2D eigenvalue weighted by atomic mass is 16.5. The number of amides is 1. The highest BCUT2D eigenvalue weighted by Crippen LogP contribution is 2.20. The Morgan fingerprint density at radius 1 is 1.36 bits per heavy atom. The monoisotopic (exact) mass is 342 g/mol. The summed E-state index contributed by atoms with van der Waals surface area (Å²) in [6.07, 6.45) is 3.82. The van der Waals surface area contributed by atoms with Gasteiger partial charge in [-0.15, -0.1) is 0 Å². The van der Waals surface area contributed by atoms with Crippen LogP contribution < -0.4 is 10.1 Å². The Kier molecular flexibility index (Phi) is 5.81. The lowest BCUT2D eigenvalue weighted by atomic mass is 9.97. The number of hydrogen-bond acceptors (Lipinski definition) is 5. The van der Waals surface area contributed by atoms with Crippen LogP contribution in [0, 0.1) is 5.92 Å². The number of ether oxygens (including phenoxy) is 1. The summed E-state index contributed by atoms with van der Waals surface area (Å²) in [6, 6.07) is 8.17. The summed E-state index contributed by atoms with van der Waals surface area (Å²) >= 11 is 0. The third-order valence-electron chi connectivity index (χ3n) is 4.71. The van der Waals surface area contributed by atoms with Gasteiger partial charge >= 0.3 is 0 Å². The molecule has 1 aromatic carbocycles. The van der Waals surface area contributed by atoms with Crippen molar-refractivity contribution in [3.05, 3.63) is 30.6 Å². The van der Waals surface area contributed by atoms with Crippen LogP contribution in [0.4, 0.5) is 0 Å². The molecule has 0 radical (unpaired) electrons. The minimum absolute atomic E-state index is 0.0262. The Morgan fingerprint density at radius 3 is 3.04 bits per heavy atom. The fourth-order valence-electron chi connectivity index (χ4n) is 3.27. The van der Waals surface area contributed by atoms with Crippen LogP contribution >= 0.6 is 0 Å². The van der Waals surface area contributed by atoms with E-state index in [2.05, 4.69) is 34.0 Å². The van der Waals surface area contributed by atoms with Gasteiger partial charge in [-0.3, -0.25) is 4.79 Å². The van der Waals surface area contributed by atoms with E-state index in [0.717, 1.165) is 24.0 Å². The van der Waals surface area contributed by atoms with E-state index in [1.165, 1.54) is 19.2 Å². The van der Waals surface area contributed by atoms with Gasteiger partial charge in [-0.25, -0.2) is 9.97 Å². The molecule has 1 N–H and O–H groups in total. The number of aromatic nitrogens is 2. The molecule has 2 aromatic rings. The first kappa shape index (κ1) is 17.6. The Hall–Kier alpha value is -2.21. The van der Waals surface area contributed by atoms with Gasteiger partial charge in [0.25, 0.3) is 5.91 Å². The topological polar surface area (TPSA) is 67.4 Å². The molecule has 6 nitrogen and oxygen atoms in total. The number of nitrogens with one attached hydrogen (secondary N) is 1. The van der Waals surface area contributed by atoms with Crippen molar-refractivity contribution in [2.45, 2.75) is 32.7 Å². The first-order valence-corrected chi connectivity index (χ1v) is 8.97. The van der Waals surface area contributed by atoms with Gasteiger partial charge in [-0.1, -0.05) is 12.1 Å². The molecule has 0 spiro atoms. The number of hydrogen-bond donors (Lipinski definition) is 1. The van der Waals surface area contributed by atoms with Gasteiger partial charge in [0.1, 0.15) is 6.33 Å². The molecular formula is C19H26N4O2. The van der Waals surface area contributed by atoms with Crippen LogP contribution in [0.25, 0.3) is 10.9 Å². The average molecular weight is 342 g/mol. The molecule has 2 heterocycles. The SMILES string of the molecule is CC(C)N1CCC[C@@H](CNC(=O)COc2ncnc3ccccc23)C1. The minimum Gasteiger partial charge on any atom is -0.467 e. The summed E-state index contributed by atoms with van der Waals surface area (Å²) in [5.41, 5.74) is 0.809. The summed E-state index contributed by atoms with van der Waals surface area (Å²) < 4.78 is 5.61. The maximum Gasteiger partial charge on any atom is 0.258 e. The van der Waals surface area contributed by atoms with Gasteiger partial charge in [-0.05, 0) is 51.3 Å². The maximum atomic E-state index is 12.1. The predicted octanol–water partition coefficient (Wildman–Crippen LogP) is 2.25. The Balaban J connectivity index is 1.48. The number of rotatable bonds is 6. The lowest BCUT2D eigenvalue weighted by Gasteiger charge is -2.35. The number of piperidine rings is 1. The third-order valence-corrected chi connectivity index (χ3v) is 4.71. The molecule has 0 saturated carbocycles. The normalized spacial score (nSPS) is 18.4. The maximum absolute atomic E-state index is 12.1. The number of carbonyl (C=O) groups is 1. The van der Waals surface area contributed by atoms with Crippen molar-refractivity contribution in [1.82, 2.24) is 20.2 Å². The zero-order valence-corrected chi connectivity index (χ0v) is 14.9. The van der Waals surface area contributed by atoms with E-state index in [1.807, 2.05) is 24.3 Å². The first-order valence-electron chi connectivity index (χ1n) is 8.97. The molecular weight excluding hydrogens is 316 g/mol. The standard InChI is InChI=1S/C19H26N4O2/c1-14(2)23-9-5-6-15(11-23)10-20-18(24)12-25-19-16-7-3-4-8-17(16)21-13-22-19/h3-4,7-8,13-15H,5-6,9-12H2,1-2H3,(H,20,24)/t15-/m0/s1. The number of likely N-dealkylation sites (tertiary alicyclic amines) is 1. The summed E-state index contributed by atoms with van der Waals surface area (Å²) in [7, 11) is 0. The number of para-hydroxylation sites is 1. The van der Waals surface area contributed by atoms with E-state index >= 15 is 0 Å². The molecule has 134 valence electrons. The molecule has 0 aliphatic carbocycles. The fraction of sp³-hybridized carbons (Fsp3) is 0.526. The van der Waals surface area contributed by atoms with Crippen LogP contribution in [0.5, 0.6) is 5.88 Å². The summed E-state index contributed by atoms with van der Waals surface area (Å²) in [6.45, 7) is 7.33. The van der Waals surface area contributed by atoms with Gasteiger partial charge in [0, 0.05) is 19.1 Å². The van der Waals surface area contributed by atoms with Crippen LogP contribution in [0.1, 0.15) is 26.7 Å². The Bertz CT molecular complexity index is 714. The van der Waals surface area contributed by atoms with Crippen LogP contribution in [0.2, 0.25) is 0 Å². The van der Waals surface area contributed by atoms with Crippen LogP contribution in [0.3, 0.4) is 0 Å². The highest BCUT2D eigenvalue weighted by Gasteiger charge is 2.22. The molecule has 1 aliphatic heterocycles. The van der Waals surface area contributed by atoms with Crippen molar-refractivity contribution in [3.8, 4) is 5.88 Å². The van der Waals surface area contributed by atoms with Crippen molar-refractivity contribution in [3.63, 3.8) is 0 Å². The third kappa shape index (κ3) is 4.66. The highest BCUT2D eigenvalue weighted by molar-refractivity contribution is 5.83. The van der Waals surface area contributed by atoms with Crippen molar-refractivity contribution >= 4 is 16.8 Å². The second-order valence-electron chi connectivity index (χ2n) is 6.89. The number of fused-ring (bicyclic) bond motifs is 1. The quantitative estimate of drug-likeness (QED) is 0.872. The lowest BCUT2D eigenvalue weighted by Crippen LogP contribution is -2.44. The molecule has 6 heteroatoms. The molecule has 25 heavy (non-hydrogen) atoms. The smallest absolute Gasteiger partial charge is 0.258 e. The zero-order valence-electron chi connectivity index (χ0n) is 14.9. The van der Waals surface area contributed by atoms with E-state index in [1.54, 1.807) is 0 Å². The molecule has 1 fully saturated rings. The van der Waals surface area contributed by atoms with Gasteiger partial charge in [-0.2, -0.15) is 0 Å². The van der Waals surface area contributed by atoms with Gasteiger partial charge in [0.05, 0.1) is 10.9 Å². The number of benzene rings is 1. The fourth-order valence-corrected chi connectivity index (χ4v) is 3.27. The largest absolute Gasteiger partial charge is 0.467 e. The van der Waals surface area contributed by atoms with Crippen molar-refractivity contribution in [2.24, 2.45) is 5.92 Å². The van der Waals surface area contributed by atoms with E-state index in [-0.39, 0.29) is 12.5 Å². The summed E-state index contributed by atoms with van der Waals surface area (Å²) in [5.74, 6) is 0.855. The molecule has 1 aromatic heterocycles. The molecule has 1 saturated heterocycles. The van der Waals surface area contributed by atoms with Gasteiger partial charge < -0.3 is 15.0 Å². The summed E-state index contributed by atoms with van der Waals surface area (Å²) in [5, 5.41) is 3.81. The van der Waals surface area contributed by atoms with Crippen LogP contribution in [-0.4, -0.2) is 53.1 Å². The van der Waals surface area contributed by atoms with Crippen molar-refractivity contribution in [1.29, 1.82) is 0 Å². The van der Waals surface area contributed by atoms with Crippen molar-refractivity contribution in [2.75, 3.05) is 26.2 Å². The molecule has 1 aliphatic rings. The second kappa shape index (κ2) is 8.25. The first-order chi connectivity index (χ1) is 12.1. The molecule has 0 unspecified atom stereocenters. The van der Waals surface area contributed by atoms with E-state index < -0.39 is 0 Å². The molecule has 3 rings (SSSR count). The van der Waals surface area contributed by atoms with E-state index in [0.29, 0.717) is 24.4 Å². The molecule has 1 amide bonds. The number of nitrogens with zero attached hydrogens (tertiary/aromatic N) is 3. The minimum atomic E-state index is -0.107. The Morgan fingerprint density at radius 2 is 2.20 bits per heavy atom. The lowest BCUT2D eigenvalue weighted by molar-refractivity contribution is -0.123. The zero-order chi connectivity index (χ0) is 17.6. The van der Waals surface area contributed by atoms with Gasteiger partial charge in [0.15, 0.2) is 6.61 Å². The predicted molar refractivity (Wildman–Crippen MR) is 97.5 cm³/mol. The number of carbonyl (C=O) groups excluding carboxylic acids is 1. The van der Waals surface area contributed by atoms with Crippen LogP contribution in [0.15, 0.2) is 30.6 Å². The van der Waals surface area contributed by atoms with E-state index in [4.69, 9.17) is 4.74 Å². The second-order valence-corrected chi connectivity index (χ2v) is 6.89. The Labute approximate surface area is 148 Å². The van der Waals surface area contributed by atoms with Crippen LogP contribution in [-0.2, 0) is 4.79 Å².